The highest BCUT2D eigenvalue weighted by Crippen LogP contribution is 2.36. The minimum absolute atomic E-state index is 0.132. The Morgan fingerprint density at radius 1 is 1.03 bits per heavy atom. The molecule has 1 N–H and O–H groups in total. The van der Waals surface area contributed by atoms with Gasteiger partial charge in [-0.15, -0.1) is 0 Å². The topological polar surface area (TPSA) is 109 Å². The summed E-state index contributed by atoms with van der Waals surface area (Å²) in [4.78, 5) is 12.8. The van der Waals surface area contributed by atoms with Crippen molar-refractivity contribution in [2.45, 2.75) is 36.9 Å². The van der Waals surface area contributed by atoms with Gasteiger partial charge in [-0.3, -0.25) is 8.98 Å². The van der Waals surface area contributed by atoms with Crippen molar-refractivity contribution in [3.8, 4) is 0 Å². The molecule has 0 spiro atoms. The van der Waals surface area contributed by atoms with E-state index in [2.05, 4.69) is 5.32 Å². The smallest absolute Gasteiger partial charge is 0.264 e. The molecule has 0 saturated carbocycles. The number of rotatable bonds is 6. The molecule has 4 rings (SSSR count). The summed E-state index contributed by atoms with van der Waals surface area (Å²) in [5.74, 6) is -0.423. The van der Waals surface area contributed by atoms with E-state index in [4.69, 9.17) is 23.1 Å². The Kier molecular flexibility index (Phi) is 6.89. The van der Waals surface area contributed by atoms with Crippen LogP contribution in [0.4, 0.5) is 0 Å². The van der Waals surface area contributed by atoms with Crippen LogP contribution in [0.25, 0.3) is 0 Å². The number of benzene rings is 2. The van der Waals surface area contributed by atoms with Gasteiger partial charge in [0, 0.05) is 18.2 Å². The lowest BCUT2D eigenvalue weighted by Gasteiger charge is -2.48. The van der Waals surface area contributed by atoms with Gasteiger partial charge in [0.1, 0.15) is 24.4 Å². The number of amides is 1. The molecule has 172 valence electrons. The van der Waals surface area contributed by atoms with E-state index in [1.807, 2.05) is 30.3 Å². The predicted molar refractivity (Wildman–Crippen MR) is 113 cm³/mol. The van der Waals surface area contributed by atoms with Gasteiger partial charge in [-0.1, -0.05) is 48.5 Å². The third-order valence-corrected chi connectivity index (χ3v) is 5.83. The summed E-state index contributed by atoms with van der Waals surface area (Å²) in [5, 5.41) is 2.80. The van der Waals surface area contributed by atoms with Crippen LogP contribution in [-0.2, 0) is 33.2 Å². The Labute approximate surface area is 186 Å². The van der Waals surface area contributed by atoms with E-state index in [9.17, 15) is 13.2 Å². The second-order valence-electron chi connectivity index (χ2n) is 7.59. The lowest BCUT2D eigenvalue weighted by atomic mass is 9.95. The van der Waals surface area contributed by atoms with Crippen molar-refractivity contribution in [3.05, 3.63) is 71.8 Å². The molecule has 2 fully saturated rings. The van der Waals surface area contributed by atoms with Gasteiger partial charge in [0.25, 0.3) is 16.0 Å². The number of carbonyl (C=O) groups excluding carboxylic acids is 1. The van der Waals surface area contributed by atoms with Gasteiger partial charge in [0.05, 0.1) is 12.9 Å². The summed E-state index contributed by atoms with van der Waals surface area (Å²) in [5.41, 5.74) is 1.17. The predicted octanol–water partition coefficient (Wildman–Crippen LogP) is 1.62. The van der Waals surface area contributed by atoms with E-state index < -0.39 is 53.0 Å². The van der Waals surface area contributed by atoms with Gasteiger partial charge in [0.2, 0.25) is 0 Å². The van der Waals surface area contributed by atoms with Crippen LogP contribution in [0.5, 0.6) is 0 Å². The van der Waals surface area contributed by atoms with Crippen LogP contribution in [0, 0.1) is 0 Å². The molecule has 2 heterocycles. The highest BCUT2D eigenvalue weighted by atomic mass is 32.2. The van der Waals surface area contributed by atoms with Gasteiger partial charge >= 0.3 is 0 Å². The number of nitrogens with one attached hydrogen (secondary N) is 1. The first-order valence-electron chi connectivity index (χ1n) is 10.1. The highest BCUT2D eigenvalue weighted by Gasteiger charge is 2.52. The number of hydrogen-bond donors (Lipinski definition) is 1. The fourth-order valence-corrected chi connectivity index (χ4v) is 4.48. The first-order valence-corrected chi connectivity index (χ1v) is 11.9. The van der Waals surface area contributed by atoms with Gasteiger partial charge < -0.3 is 24.3 Å². The maximum atomic E-state index is 12.8. The molecule has 2 aromatic rings. The van der Waals surface area contributed by atoms with E-state index in [0.717, 1.165) is 11.8 Å². The maximum Gasteiger partial charge on any atom is 0.264 e. The summed E-state index contributed by atoms with van der Waals surface area (Å²) in [7, 11) is -2.50. The highest BCUT2D eigenvalue weighted by molar-refractivity contribution is 7.86. The second kappa shape index (κ2) is 9.65. The molecule has 1 amide bonds. The van der Waals surface area contributed by atoms with Crippen molar-refractivity contribution in [1.29, 1.82) is 0 Å². The Bertz CT molecular complexity index is 1020. The lowest BCUT2D eigenvalue weighted by Crippen LogP contribution is -2.67. The van der Waals surface area contributed by atoms with E-state index in [1.165, 1.54) is 7.11 Å². The molecule has 2 aliphatic heterocycles. The average molecular weight is 464 g/mol. The van der Waals surface area contributed by atoms with Crippen LogP contribution >= 0.6 is 0 Å². The van der Waals surface area contributed by atoms with Crippen molar-refractivity contribution in [2.24, 2.45) is 0 Å². The van der Waals surface area contributed by atoms with Crippen LogP contribution in [0.2, 0.25) is 0 Å². The van der Waals surface area contributed by atoms with Gasteiger partial charge in [-0.2, -0.15) is 8.42 Å². The molecular weight excluding hydrogens is 438 g/mol. The Hall–Kier alpha value is -2.34. The minimum atomic E-state index is -3.90. The molecule has 2 saturated heterocycles. The Balaban J connectivity index is 1.63. The number of carbonyl (C=O) groups is 1. The van der Waals surface area contributed by atoms with Crippen LogP contribution < -0.4 is 5.32 Å². The summed E-state index contributed by atoms with van der Waals surface area (Å²) in [6.45, 7) is 0.132. The van der Waals surface area contributed by atoms with Crippen LogP contribution in [0.15, 0.2) is 60.7 Å². The fourth-order valence-electron chi connectivity index (χ4n) is 3.85. The number of hydrogen-bond acceptors (Lipinski definition) is 8. The van der Waals surface area contributed by atoms with Gasteiger partial charge in [-0.25, -0.2) is 0 Å². The van der Waals surface area contributed by atoms with Gasteiger partial charge in [0.15, 0.2) is 12.6 Å². The summed E-state index contributed by atoms with van der Waals surface area (Å²) >= 11 is 0. The van der Waals surface area contributed by atoms with Crippen molar-refractivity contribution >= 4 is 16.0 Å². The molecule has 2 aromatic carbocycles. The Morgan fingerprint density at radius 3 is 2.31 bits per heavy atom. The summed E-state index contributed by atoms with van der Waals surface area (Å²) < 4.78 is 52.9. The second-order valence-corrected chi connectivity index (χ2v) is 9.19. The zero-order chi connectivity index (χ0) is 22.7. The first-order chi connectivity index (χ1) is 15.4. The van der Waals surface area contributed by atoms with E-state index in [1.54, 1.807) is 30.3 Å². The zero-order valence-electron chi connectivity index (χ0n) is 17.6. The summed E-state index contributed by atoms with van der Waals surface area (Å²) in [6, 6.07) is 16.8. The molecular formula is C22H25NO8S. The van der Waals surface area contributed by atoms with Crippen LogP contribution in [0.1, 0.15) is 22.2 Å². The normalized spacial score (nSPS) is 30.3. The number of ether oxygens (including phenoxy) is 4. The average Bonchev–Trinajstić information content (AvgIpc) is 2.80. The molecule has 6 unspecified atom stereocenters. The molecule has 0 aromatic heterocycles. The Morgan fingerprint density at radius 2 is 1.69 bits per heavy atom. The SMILES string of the molecule is COC1OC2COC(c3ccccc3)OC2C(OS(C)(=O)=O)C1NC(=O)c1ccccc1. The van der Waals surface area contributed by atoms with Crippen LogP contribution in [0.3, 0.4) is 0 Å². The summed E-state index contributed by atoms with van der Waals surface area (Å²) in [6.07, 6.45) is -3.36. The van der Waals surface area contributed by atoms with Crippen molar-refractivity contribution in [1.82, 2.24) is 5.32 Å². The third-order valence-electron chi connectivity index (χ3n) is 5.26. The van der Waals surface area contributed by atoms with Gasteiger partial charge in [-0.05, 0) is 12.1 Å². The maximum absolute atomic E-state index is 12.8. The van der Waals surface area contributed by atoms with E-state index >= 15 is 0 Å². The monoisotopic (exact) mass is 463 g/mol. The van der Waals surface area contributed by atoms with Crippen molar-refractivity contribution < 1.29 is 36.3 Å². The lowest BCUT2D eigenvalue weighted by molar-refractivity contribution is -0.337. The van der Waals surface area contributed by atoms with Crippen LogP contribution in [-0.4, -0.2) is 64.9 Å². The third kappa shape index (κ3) is 5.17. The molecule has 0 bridgehead atoms. The van der Waals surface area contributed by atoms with Crippen molar-refractivity contribution in [2.75, 3.05) is 20.0 Å². The fraction of sp³-hybridized carbons (Fsp3) is 0.409. The zero-order valence-corrected chi connectivity index (χ0v) is 18.4. The standard InChI is InChI=1S/C22H25NO8S/c1-27-22-17(23-20(24)14-9-5-3-6-10-14)19(31-32(2,25)26)18-16(29-22)13-28-21(30-18)15-11-7-4-8-12-15/h3-12,16-19,21-22H,13H2,1-2H3,(H,23,24). The quantitative estimate of drug-likeness (QED) is 0.644. The van der Waals surface area contributed by atoms with E-state index in [-0.39, 0.29) is 6.61 Å². The molecule has 10 heteroatoms. The first kappa shape index (κ1) is 22.8. The largest absolute Gasteiger partial charge is 0.354 e. The molecule has 32 heavy (non-hydrogen) atoms. The van der Waals surface area contributed by atoms with Crippen molar-refractivity contribution in [3.63, 3.8) is 0 Å². The minimum Gasteiger partial charge on any atom is -0.354 e. The molecule has 6 atom stereocenters. The molecule has 0 aliphatic carbocycles. The number of methoxy groups -OCH3 is 1. The molecule has 2 aliphatic rings. The van der Waals surface area contributed by atoms with E-state index in [0.29, 0.717) is 5.56 Å². The molecule has 9 nitrogen and oxygen atoms in total. The number of fused-ring (bicyclic) bond motifs is 1. The molecule has 0 radical (unpaired) electrons.